The standard InChI is InChI=1S/C22H23FN6.HI/c1-26-22(27-14-18-11-16(12-24)8-9-20(18)23)28-19-6-4-10-29(15-19)21-7-3-2-5-17(21)13-25;/h2-3,5,7-9,11,19H,4,6,10,14-15H2,1H3,(H2,26,27,28);1H. The number of benzene rings is 2. The number of para-hydroxylation sites is 1. The number of hydrogen-bond acceptors (Lipinski definition) is 4. The molecule has 3 rings (SSSR count). The zero-order valence-corrected chi connectivity index (χ0v) is 19.1. The van der Waals surface area contributed by atoms with E-state index in [-0.39, 0.29) is 42.4 Å². The average Bonchev–Trinajstić information content (AvgIpc) is 2.77. The first-order chi connectivity index (χ1) is 14.1. The van der Waals surface area contributed by atoms with E-state index in [1.807, 2.05) is 30.3 Å². The van der Waals surface area contributed by atoms with Gasteiger partial charge in [0.1, 0.15) is 11.9 Å². The molecule has 2 aromatic rings. The smallest absolute Gasteiger partial charge is 0.191 e. The topological polar surface area (TPSA) is 87.2 Å². The highest BCUT2D eigenvalue weighted by molar-refractivity contribution is 14.0. The maximum absolute atomic E-state index is 14.0. The van der Waals surface area contributed by atoms with Gasteiger partial charge in [0.25, 0.3) is 0 Å². The van der Waals surface area contributed by atoms with Crippen molar-refractivity contribution in [1.82, 2.24) is 10.6 Å². The van der Waals surface area contributed by atoms with Gasteiger partial charge in [0.05, 0.1) is 22.9 Å². The lowest BCUT2D eigenvalue weighted by Gasteiger charge is -2.35. The van der Waals surface area contributed by atoms with Gasteiger partial charge in [-0.15, -0.1) is 24.0 Å². The summed E-state index contributed by atoms with van der Waals surface area (Å²) in [6.07, 6.45) is 1.97. The Balaban J connectivity index is 0.00000320. The zero-order valence-electron chi connectivity index (χ0n) is 16.7. The van der Waals surface area contributed by atoms with Gasteiger partial charge >= 0.3 is 0 Å². The molecular weight excluding hydrogens is 494 g/mol. The van der Waals surface area contributed by atoms with Crippen LogP contribution >= 0.6 is 24.0 Å². The second-order valence-electron chi connectivity index (χ2n) is 6.90. The Hall–Kier alpha value is -2.85. The van der Waals surface area contributed by atoms with E-state index in [1.54, 1.807) is 7.05 Å². The largest absolute Gasteiger partial charge is 0.368 e. The van der Waals surface area contributed by atoms with Crippen LogP contribution in [0.4, 0.5) is 10.1 Å². The van der Waals surface area contributed by atoms with Gasteiger partial charge in [0.2, 0.25) is 0 Å². The Bertz CT molecular complexity index is 978. The molecule has 0 amide bonds. The van der Waals surface area contributed by atoms with Gasteiger partial charge in [-0.2, -0.15) is 10.5 Å². The van der Waals surface area contributed by atoms with E-state index in [9.17, 15) is 9.65 Å². The minimum Gasteiger partial charge on any atom is -0.368 e. The van der Waals surface area contributed by atoms with Crippen molar-refractivity contribution in [3.05, 3.63) is 65.0 Å². The normalized spacial score (nSPS) is 16.1. The van der Waals surface area contributed by atoms with E-state index in [4.69, 9.17) is 5.26 Å². The van der Waals surface area contributed by atoms with E-state index in [1.165, 1.54) is 18.2 Å². The van der Waals surface area contributed by atoms with Crippen molar-refractivity contribution < 1.29 is 4.39 Å². The van der Waals surface area contributed by atoms with E-state index < -0.39 is 0 Å². The fraction of sp³-hybridized carbons (Fsp3) is 0.318. The molecule has 0 saturated carbocycles. The van der Waals surface area contributed by atoms with Crippen molar-refractivity contribution >= 4 is 35.6 Å². The summed E-state index contributed by atoms with van der Waals surface area (Å²) < 4.78 is 14.0. The van der Waals surface area contributed by atoms with Crippen molar-refractivity contribution in [3.8, 4) is 12.1 Å². The SMILES string of the molecule is CN=C(NCc1cc(C#N)ccc1F)NC1CCCN(c2ccccc2C#N)C1.I. The van der Waals surface area contributed by atoms with Crippen LogP contribution in [0.5, 0.6) is 0 Å². The third kappa shape index (κ3) is 5.83. The third-order valence-electron chi connectivity index (χ3n) is 4.97. The Morgan fingerprint density at radius 3 is 2.77 bits per heavy atom. The number of piperidine rings is 1. The highest BCUT2D eigenvalue weighted by atomic mass is 127. The van der Waals surface area contributed by atoms with Crippen molar-refractivity contribution in [2.24, 2.45) is 4.99 Å². The lowest BCUT2D eigenvalue weighted by molar-refractivity contribution is 0.467. The van der Waals surface area contributed by atoms with Gasteiger partial charge in [-0.1, -0.05) is 12.1 Å². The van der Waals surface area contributed by atoms with E-state index in [0.717, 1.165) is 31.6 Å². The van der Waals surface area contributed by atoms with Crippen molar-refractivity contribution in [2.45, 2.75) is 25.4 Å². The Morgan fingerprint density at radius 1 is 1.23 bits per heavy atom. The molecule has 2 aromatic carbocycles. The monoisotopic (exact) mass is 518 g/mol. The highest BCUT2D eigenvalue weighted by Gasteiger charge is 2.22. The summed E-state index contributed by atoms with van der Waals surface area (Å²) in [5, 5.41) is 24.9. The average molecular weight is 518 g/mol. The molecule has 1 saturated heterocycles. The van der Waals surface area contributed by atoms with Crippen LogP contribution in [0, 0.1) is 28.5 Å². The second kappa shape index (κ2) is 11.4. The summed E-state index contributed by atoms with van der Waals surface area (Å²) in [6, 6.07) is 16.3. The van der Waals surface area contributed by atoms with Gasteiger partial charge in [0.15, 0.2) is 5.96 Å². The molecule has 1 aliphatic heterocycles. The minimum atomic E-state index is -0.357. The summed E-state index contributed by atoms with van der Waals surface area (Å²) in [6.45, 7) is 1.88. The van der Waals surface area contributed by atoms with Crippen LogP contribution in [0.1, 0.15) is 29.5 Å². The second-order valence-corrected chi connectivity index (χ2v) is 6.90. The summed E-state index contributed by atoms with van der Waals surface area (Å²) in [4.78, 5) is 6.45. The first-order valence-electron chi connectivity index (χ1n) is 9.54. The van der Waals surface area contributed by atoms with Gasteiger partial charge in [-0.3, -0.25) is 4.99 Å². The fourth-order valence-corrected chi connectivity index (χ4v) is 3.50. The van der Waals surface area contributed by atoms with Crippen LogP contribution in [0.2, 0.25) is 0 Å². The fourth-order valence-electron chi connectivity index (χ4n) is 3.50. The van der Waals surface area contributed by atoms with Crippen molar-refractivity contribution in [3.63, 3.8) is 0 Å². The molecule has 6 nitrogen and oxygen atoms in total. The number of hydrogen-bond donors (Lipinski definition) is 2. The van der Waals surface area contributed by atoms with Gasteiger partial charge in [-0.05, 0) is 43.2 Å². The number of aliphatic imine (C=N–C) groups is 1. The Morgan fingerprint density at radius 2 is 2.03 bits per heavy atom. The molecule has 1 unspecified atom stereocenters. The Kier molecular flexibility index (Phi) is 8.88. The summed E-state index contributed by atoms with van der Waals surface area (Å²) in [7, 11) is 1.67. The lowest BCUT2D eigenvalue weighted by atomic mass is 10.0. The van der Waals surface area contributed by atoms with Gasteiger partial charge in [-0.25, -0.2) is 4.39 Å². The van der Waals surface area contributed by atoms with Crippen LogP contribution in [0.25, 0.3) is 0 Å². The zero-order chi connectivity index (χ0) is 20.6. The number of halogens is 2. The highest BCUT2D eigenvalue weighted by Crippen LogP contribution is 2.23. The molecular formula is C22H24FIN6. The number of rotatable bonds is 4. The first-order valence-corrected chi connectivity index (χ1v) is 9.54. The first kappa shape index (κ1) is 23.4. The number of nitrogens with one attached hydrogen (secondary N) is 2. The molecule has 1 heterocycles. The molecule has 0 aromatic heterocycles. The van der Waals surface area contributed by atoms with Crippen LogP contribution < -0.4 is 15.5 Å². The van der Waals surface area contributed by atoms with Gasteiger partial charge < -0.3 is 15.5 Å². The molecule has 1 fully saturated rings. The molecule has 8 heteroatoms. The van der Waals surface area contributed by atoms with Crippen LogP contribution in [-0.4, -0.2) is 32.1 Å². The molecule has 156 valence electrons. The van der Waals surface area contributed by atoms with E-state index in [0.29, 0.717) is 22.6 Å². The summed E-state index contributed by atoms with van der Waals surface area (Å²) in [5.41, 5.74) is 2.45. The van der Waals surface area contributed by atoms with Crippen LogP contribution in [0.15, 0.2) is 47.5 Å². The number of nitrogens with zero attached hydrogens (tertiary/aromatic N) is 4. The predicted octanol–water partition coefficient (Wildman–Crippen LogP) is 3.52. The van der Waals surface area contributed by atoms with Crippen molar-refractivity contribution in [1.29, 1.82) is 10.5 Å². The van der Waals surface area contributed by atoms with E-state index >= 15 is 0 Å². The molecule has 1 atom stereocenters. The van der Waals surface area contributed by atoms with Crippen molar-refractivity contribution in [2.75, 3.05) is 25.0 Å². The quantitative estimate of drug-likeness (QED) is 0.368. The molecule has 0 radical (unpaired) electrons. The number of anilines is 1. The maximum Gasteiger partial charge on any atom is 0.191 e. The number of nitriles is 2. The number of guanidine groups is 1. The molecule has 0 bridgehead atoms. The Labute approximate surface area is 193 Å². The summed E-state index contributed by atoms with van der Waals surface area (Å²) in [5.74, 6) is 0.219. The van der Waals surface area contributed by atoms with Gasteiger partial charge in [0, 0.05) is 38.3 Å². The van der Waals surface area contributed by atoms with Crippen LogP contribution in [-0.2, 0) is 6.54 Å². The maximum atomic E-state index is 14.0. The lowest BCUT2D eigenvalue weighted by Crippen LogP contribution is -2.51. The van der Waals surface area contributed by atoms with E-state index in [2.05, 4.69) is 26.6 Å². The molecule has 30 heavy (non-hydrogen) atoms. The molecule has 1 aliphatic rings. The third-order valence-corrected chi connectivity index (χ3v) is 4.97. The molecule has 2 N–H and O–H groups in total. The predicted molar refractivity (Wildman–Crippen MR) is 126 cm³/mol. The molecule has 0 spiro atoms. The van der Waals surface area contributed by atoms with Crippen LogP contribution in [0.3, 0.4) is 0 Å². The minimum absolute atomic E-state index is 0. The molecule has 0 aliphatic carbocycles. The summed E-state index contributed by atoms with van der Waals surface area (Å²) >= 11 is 0.